The van der Waals surface area contributed by atoms with Crippen LogP contribution >= 0.6 is 0 Å². The quantitative estimate of drug-likeness (QED) is 0.769. The van der Waals surface area contributed by atoms with Gasteiger partial charge in [-0.05, 0) is 55.5 Å². The highest BCUT2D eigenvalue weighted by Crippen LogP contribution is 2.23. The summed E-state index contributed by atoms with van der Waals surface area (Å²) < 4.78 is 5.90. The molecule has 0 atom stereocenters. The van der Waals surface area contributed by atoms with Crippen LogP contribution in [-0.2, 0) is 17.9 Å². The van der Waals surface area contributed by atoms with Crippen molar-refractivity contribution in [1.29, 1.82) is 0 Å². The molecule has 2 saturated heterocycles. The molecular weight excluding hydrogens is 350 g/mol. The van der Waals surface area contributed by atoms with Crippen LogP contribution in [-0.4, -0.2) is 46.4 Å². The lowest BCUT2D eigenvalue weighted by Gasteiger charge is -2.40. The Labute approximate surface area is 167 Å². The Hall–Kier alpha value is -2.40. The van der Waals surface area contributed by atoms with Crippen LogP contribution in [0.25, 0.3) is 0 Å². The lowest BCUT2D eigenvalue weighted by atomic mass is 9.99. The van der Waals surface area contributed by atoms with Crippen molar-refractivity contribution < 1.29 is 9.53 Å². The third-order valence-corrected chi connectivity index (χ3v) is 5.78. The lowest BCUT2D eigenvalue weighted by Crippen LogP contribution is -2.48. The zero-order valence-corrected chi connectivity index (χ0v) is 16.4. The molecule has 3 heterocycles. The van der Waals surface area contributed by atoms with E-state index in [2.05, 4.69) is 33.0 Å². The number of rotatable bonds is 6. The summed E-state index contributed by atoms with van der Waals surface area (Å²) in [5, 5.41) is 0. The van der Waals surface area contributed by atoms with Crippen molar-refractivity contribution in [3.8, 4) is 5.75 Å². The van der Waals surface area contributed by atoms with Gasteiger partial charge in [-0.15, -0.1) is 0 Å². The number of carbonyl (C=O) groups is 1. The molecule has 5 nitrogen and oxygen atoms in total. The predicted molar refractivity (Wildman–Crippen MR) is 109 cm³/mol. The minimum absolute atomic E-state index is 0.363. The standard InChI is InChI=1S/C23H29N3O2/c27-23-9-2-4-13-26(23)21-10-14-25(15-11-21)17-19-6-5-8-22(16-19)28-18-20-7-1-3-12-24-20/h1,3,5-8,12,16,21H,2,4,9-11,13-15,17-18H2. The second-order valence-electron chi connectivity index (χ2n) is 7.81. The molecule has 2 fully saturated rings. The molecule has 1 aromatic carbocycles. The first-order valence-electron chi connectivity index (χ1n) is 10.4. The minimum Gasteiger partial charge on any atom is -0.487 e. The number of nitrogens with zero attached hydrogens (tertiary/aromatic N) is 3. The Kier molecular flexibility index (Phi) is 6.22. The van der Waals surface area contributed by atoms with Crippen LogP contribution in [0.1, 0.15) is 43.4 Å². The molecular formula is C23H29N3O2. The van der Waals surface area contributed by atoms with Crippen molar-refractivity contribution in [2.75, 3.05) is 19.6 Å². The molecule has 1 amide bonds. The first-order valence-corrected chi connectivity index (χ1v) is 10.4. The Bertz CT molecular complexity index is 772. The number of benzene rings is 1. The summed E-state index contributed by atoms with van der Waals surface area (Å²) in [4.78, 5) is 21.1. The summed E-state index contributed by atoms with van der Waals surface area (Å²) in [6, 6.07) is 14.6. The molecule has 2 aliphatic heterocycles. The molecule has 148 valence electrons. The molecule has 28 heavy (non-hydrogen) atoms. The SMILES string of the molecule is O=C1CCCCN1C1CCN(Cc2cccc(OCc3ccccn3)c2)CC1. The average molecular weight is 380 g/mol. The van der Waals surface area contributed by atoms with Gasteiger partial charge in [0.05, 0.1) is 5.69 Å². The van der Waals surface area contributed by atoms with Crippen molar-refractivity contribution in [3.05, 3.63) is 59.9 Å². The Balaban J connectivity index is 1.27. The first kappa shape index (κ1) is 18.9. The van der Waals surface area contributed by atoms with Crippen molar-refractivity contribution in [1.82, 2.24) is 14.8 Å². The molecule has 0 saturated carbocycles. The van der Waals surface area contributed by atoms with Crippen LogP contribution in [0, 0.1) is 0 Å². The number of hydrogen-bond acceptors (Lipinski definition) is 4. The van der Waals surface area contributed by atoms with Gasteiger partial charge in [-0.1, -0.05) is 18.2 Å². The van der Waals surface area contributed by atoms with E-state index in [4.69, 9.17) is 4.74 Å². The Morgan fingerprint density at radius 3 is 2.71 bits per heavy atom. The number of carbonyl (C=O) groups excluding carboxylic acids is 1. The van der Waals surface area contributed by atoms with E-state index in [1.54, 1.807) is 6.20 Å². The van der Waals surface area contributed by atoms with Gasteiger partial charge < -0.3 is 9.64 Å². The number of ether oxygens (including phenoxy) is 1. The van der Waals surface area contributed by atoms with Gasteiger partial charge in [0.1, 0.15) is 12.4 Å². The molecule has 4 rings (SSSR count). The summed E-state index contributed by atoms with van der Waals surface area (Å²) in [7, 11) is 0. The number of aromatic nitrogens is 1. The minimum atomic E-state index is 0.363. The highest BCUT2D eigenvalue weighted by Gasteiger charge is 2.29. The first-order chi connectivity index (χ1) is 13.8. The molecule has 0 unspecified atom stereocenters. The van der Waals surface area contributed by atoms with Gasteiger partial charge in [0.2, 0.25) is 5.91 Å². The molecule has 0 aliphatic carbocycles. The topological polar surface area (TPSA) is 45.7 Å². The fourth-order valence-corrected chi connectivity index (χ4v) is 4.23. The van der Waals surface area contributed by atoms with Crippen LogP contribution < -0.4 is 4.74 Å². The molecule has 2 aliphatic rings. The maximum absolute atomic E-state index is 12.2. The summed E-state index contributed by atoms with van der Waals surface area (Å²) in [6.07, 6.45) is 6.93. The molecule has 1 aromatic heterocycles. The van der Waals surface area contributed by atoms with Gasteiger partial charge in [0.25, 0.3) is 0 Å². The van der Waals surface area contributed by atoms with Crippen LogP contribution in [0.5, 0.6) is 5.75 Å². The predicted octanol–water partition coefficient (Wildman–Crippen LogP) is 3.64. The van der Waals surface area contributed by atoms with Gasteiger partial charge in [0, 0.05) is 44.8 Å². The zero-order valence-electron chi connectivity index (χ0n) is 16.4. The molecule has 0 N–H and O–H groups in total. The smallest absolute Gasteiger partial charge is 0.222 e. The number of piperidine rings is 2. The van der Waals surface area contributed by atoms with Gasteiger partial charge in [-0.2, -0.15) is 0 Å². The summed E-state index contributed by atoms with van der Waals surface area (Å²) in [6.45, 7) is 4.47. The van der Waals surface area contributed by atoms with Gasteiger partial charge in [-0.25, -0.2) is 0 Å². The molecule has 0 radical (unpaired) electrons. The normalized spacial score (nSPS) is 19.0. The van der Waals surface area contributed by atoms with Crippen LogP contribution in [0.4, 0.5) is 0 Å². The van der Waals surface area contributed by atoms with Gasteiger partial charge >= 0.3 is 0 Å². The number of amides is 1. The van der Waals surface area contributed by atoms with Gasteiger partial charge in [0.15, 0.2) is 0 Å². The number of likely N-dealkylation sites (tertiary alicyclic amines) is 2. The van der Waals surface area contributed by atoms with E-state index in [0.29, 0.717) is 18.6 Å². The second-order valence-corrected chi connectivity index (χ2v) is 7.81. The monoisotopic (exact) mass is 379 g/mol. The molecule has 0 bridgehead atoms. The van der Waals surface area contributed by atoms with E-state index >= 15 is 0 Å². The van der Waals surface area contributed by atoms with E-state index in [1.807, 2.05) is 24.3 Å². The average Bonchev–Trinajstić information content (AvgIpc) is 2.74. The lowest BCUT2D eigenvalue weighted by molar-refractivity contribution is -0.136. The van der Waals surface area contributed by atoms with Crippen molar-refractivity contribution in [3.63, 3.8) is 0 Å². The summed E-state index contributed by atoms with van der Waals surface area (Å²) >= 11 is 0. The van der Waals surface area contributed by atoms with Crippen molar-refractivity contribution in [2.45, 2.75) is 51.3 Å². The summed E-state index contributed by atoms with van der Waals surface area (Å²) in [5.41, 5.74) is 2.20. The highest BCUT2D eigenvalue weighted by atomic mass is 16.5. The third kappa shape index (κ3) is 4.90. The van der Waals surface area contributed by atoms with E-state index in [9.17, 15) is 4.79 Å². The van der Waals surface area contributed by atoms with Gasteiger partial charge in [-0.3, -0.25) is 14.7 Å². The fourth-order valence-electron chi connectivity index (χ4n) is 4.23. The summed E-state index contributed by atoms with van der Waals surface area (Å²) in [5.74, 6) is 1.25. The van der Waals surface area contributed by atoms with E-state index in [0.717, 1.165) is 69.7 Å². The Morgan fingerprint density at radius 1 is 1.04 bits per heavy atom. The molecule has 2 aromatic rings. The number of pyridine rings is 1. The van der Waals surface area contributed by atoms with Crippen LogP contribution in [0.15, 0.2) is 48.7 Å². The van der Waals surface area contributed by atoms with Crippen LogP contribution in [0.3, 0.4) is 0 Å². The van der Waals surface area contributed by atoms with E-state index in [-0.39, 0.29) is 0 Å². The fraction of sp³-hybridized carbons (Fsp3) is 0.478. The zero-order chi connectivity index (χ0) is 19.2. The van der Waals surface area contributed by atoms with E-state index in [1.165, 1.54) is 5.56 Å². The third-order valence-electron chi connectivity index (χ3n) is 5.78. The Morgan fingerprint density at radius 2 is 1.93 bits per heavy atom. The molecule has 5 heteroatoms. The molecule has 0 spiro atoms. The van der Waals surface area contributed by atoms with E-state index < -0.39 is 0 Å². The largest absolute Gasteiger partial charge is 0.487 e. The maximum atomic E-state index is 12.2. The maximum Gasteiger partial charge on any atom is 0.222 e. The van der Waals surface area contributed by atoms with Crippen molar-refractivity contribution >= 4 is 5.91 Å². The van der Waals surface area contributed by atoms with Crippen molar-refractivity contribution in [2.24, 2.45) is 0 Å². The van der Waals surface area contributed by atoms with Crippen LogP contribution in [0.2, 0.25) is 0 Å². The highest BCUT2D eigenvalue weighted by molar-refractivity contribution is 5.77. The second kappa shape index (κ2) is 9.20. The number of hydrogen-bond donors (Lipinski definition) is 0.